The standard InChI is InChI=1S/C22H25BrN2O4S/c1-22-12-16(15-10-14(23)11-19(28-4)20(15)29-22)24-21(30)25(22)8-7-13-5-6-17(26-2)18(9-13)27-3/h5-6,9-11,16H,7-8,12H2,1-4H3,(H,24,30)/t16-,22+/m0/s1. The number of rotatable bonds is 6. The molecule has 30 heavy (non-hydrogen) atoms. The van der Waals surface area contributed by atoms with Gasteiger partial charge in [0.1, 0.15) is 0 Å². The van der Waals surface area contributed by atoms with Gasteiger partial charge in [-0.3, -0.25) is 0 Å². The number of methoxy groups -OCH3 is 3. The maximum atomic E-state index is 6.53. The highest BCUT2D eigenvalue weighted by Gasteiger charge is 2.48. The Hall–Kier alpha value is -2.19. The van der Waals surface area contributed by atoms with Crippen LogP contribution in [-0.2, 0) is 6.42 Å². The number of ether oxygens (including phenoxy) is 4. The van der Waals surface area contributed by atoms with E-state index in [1.54, 1.807) is 21.3 Å². The van der Waals surface area contributed by atoms with Gasteiger partial charge < -0.3 is 29.2 Å². The molecule has 0 aliphatic carbocycles. The van der Waals surface area contributed by atoms with Crippen LogP contribution < -0.4 is 24.3 Å². The molecule has 1 saturated heterocycles. The Balaban J connectivity index is 1.59. The predicted octanol–water partition coefficient (Wildman–Crippen LogP) is 4.45. The number of hydrogen-bond acceptors (Lipinski definition) is 5. The van der Waals surface area contributed by atoms with Crippen LogP contribution in [0.5, 0.6) is 23.0 Å². The lowest BCUT2D eigenvalue weighted by molar-refractivity contribution is -0.0691. The SMILES string of the molecule is COc1ccc(CCN2C(=S)N[C@H]3C[C@@]2(C)Oc2c(OC)cc(Br)cc23)cc1OC. The lowest BCUT2D eigenvalue weighted by atomic mass is 9.90. The van der Waals surface area contributed by atoms with Crippen molar-refractivity contribution in [3.05, 3.63) is 45.9 Å². The van der Waals surface area contributed by atoms with Crippen LogP contribution >= 0.6 is 28.1 Å². The second-order valence-electron chi connectivity index (χ2n) is 7.60. The van der Waals surface area contributed by atoms with Crippen LogP contribution in [0.1, 0.15) is 30.5 Å². The number of nitrogens with zero attached hydrogens (tertiary/aromatic N) is 1. The number of halogens is 1. The summed E-state index contributed by atoms with van der Waals surface area (Å²) in [6.07, 6.45) is 1.57. The molecular weight excluding hydrogens is 468 g/mol. The van der Waals surface area contributed by atoms with E-state index in [0.29, 0.717) is 17.4 Å². The quantitative estimate of drug-likeness (QED) is 0.597. The highest BCUT2D eigenvalue weighted by Crippen LogP contribution is 2.49. The van der Waals surface area contributed by atoms with Crippen LogP contribution in [0.2, 0.25) is 0 Å². The van der Waals surface area contributed by atoms with Crippen molar-refractivity contribution in [2.24, 2.45) is 0 Å². The Labute approximate surface area is 190 Å². The van der Waals surface area contributed by atoms with Crippen LogP contribution in [0.3, 0.4) is 0 Å². The van der Waals surface area contributed by atoms with Gasteiger partial charge in [0.05, 0.1) is 27.4 Å². The molecule has 2 aromatic carbocycles. The van der Waals surface area contributed by atoms with Crippen molar-refractivity contribution in [2.75, 3.05) is 27.9 Å². The maximum absolute atomic E-state index is 6.53. The van der Waals surface area contributed by atoms with Gasteiger partial charge in [0.15, 0.2) is 33.8 Å². The Morgan fingerprint density at radius 2 is 1.87 bits per heavy atom. The van der Waals surface area contributed by atoms with Gasteiger partial charge in [-0.25, -0.2) is 0 Å². The molecule has 0 unspecified atom stereocenters. The van der Waals surface area contributed by atoms with Gasteiger partial charge in [-0.05, 0) is 55.4 Å². The average Bonchev–Trinajstić information content (AvgIpc) is 2.73. The number of thiocarbonyl (C=S) groups is 1. The van der Waals surface area contributed by atoms with Crippen molar-refractivity contribution < 1.29 is 18.9 Å². The normalized spacial score (nSPS) is 22.0. The van der Waals surface area contributed by atoms with Gasteiger partial charge >= 0.3 is 0 Å². The summed E-state index contributed by atoms with van der Waals surface area (Å²) in [5.41, 5.74) is 1.64. The second-order valence-corrected chi connectivity index (χ2v) is 8.90. The molecule has 1 fully saturated rings. The average molecular weight is 493 g/mol. The van der Waals surface area contributed by atoms with E-state index >= 15 is 0 Å². The fourth-order valence-electron chi connectivity index (χ4n) is 4.21. The zero-order valence-electron chi connectivity index (χ0n) is 17.5. The largest absolute Gasteiger partial charge is 0.493 e. The molecule has 2 bridgehead atoms. The molecule has 2 aromatic rings. The smallest absolute Gasteiger partial charge is 0.184 e. The van der Waals surface area contributed by atoms with Gasteiger partial charge in [-0.2, -0.15) is 0 Å². The number of hydrogen-bond donors (Lipinski definition) is 1. The van der Waals surface area contributed by atoms with Crippen LogP contribution in [0.4, 0.5) is 0 Å². The number of nitrogens with one attached hydrogen (secondary N) is 1. The zero-order chi connectivity index (χ0) is 21.5. The lowest BCUT2D eigenvalue weighted by Crippen LogP contribution is -2.64. The fraction of sp³-hybridized carbons (Fsp3) is 0.409. The van der Waals surface area contributed by atoms with Crippen LogP contribution in [0.25, 0.3) is 0 Å². The summed E-state index contributed by atoms with van der Waals surface area (Å²) in [6, 6.07) is 10.0. The third kappa shape index (κ3) is 3.67. The summed E-state index contributed by atoms with van der Waals surface area (Å²) in [5, 5.41) is 4.18. The van der Waals surface area contributed by atoms with E-state index in [4.69, 9.17) is 31.2 Å². The molecule has 0 saturated carbocycles. The van der Waals surface area contributed by atoms with Crippen molar-refractivity contribution in [3.8, 4) is 23.0 Å². The Bertz CT molecular complexity index is 986. The Kier molecular flexibility index (Phi) is 5.72. The van der Waals surface area contributed by atoms with E-state index in [9.17, 15) is 0 Å². The monoisotopic (exact) mass is 492 g/mol. The first-order valence-corrected chi connectivity index (χ1v) is 10.9. The van der Waals surface area contributed by atoms with Crippen molar-refractivity contribution in [1.82, 2.24) is 10.2 Å². The molecule has 2 heterocycles. The lowest BCUT2D eigenvalue weighted by Gasteiger charge is -2.52. The first kappa shape index (κ1) is 21.1. The highest BCUT2D eigenvalue weighted by molar-refractivity contribution is 9.10. The van der Waals surface area contributed by atoms with Crippen LogP contribution in [-0.4, -0.2) is 43.6 Å². The molecule has 2 aliphatic rings. The van der Waals surface area contributed by atoms with Crippen LogP contribution in [0, 0.1) is 0 Å². The van der Waals surface area contributed by atoms with Gasteiger partial charge in [-0.15, -0.1) is 0 Å². The van der Waals surface area contributed by atoms with E-state index < -0.39 is 5.72 Å². The molecular formula is C22H25BrN2O4S. The molecule has 1 N–H and O–H groups in total. The molecule has 0 radical (unpaired) electrons. The maximum Gasteiger partial charge on any atom is 0.184 e. The highest BCUT2D eigenvalue weighted by atomic mass is 79.9. The topological polar surface area (TPSA) is 52.2 Å². The van der Waals surface area contributed by atoms with E-state index in [1.807, 2.05) is 24.3 Å². The second kappa shape index (κ2) is 8.15. The minimum atomic E-state index is -0.558. The fourth-order valence-corrected chi connectivity index (χ4v) is 5.09. The summed E-state index contributed by atoms with van der Waals surface area (Å²) < 4.78 is 23.8. The van der Waals surface area contributed by atoms with E-state index in [2.05, 4.69) is 39.1 Å². The summed E-state index contributed by atoms with van der Waals surface area (Å²) in [6.45, 7) is 2.80. The molecule has 2 aliphatic heterocycles. The van der Waals surface area contributed by atoms with Crippen molar-refractivity contribution >= 4 is 33.3 Å². The molecule has 4 rings (SSSR count). The molecule has 6 nitrogen and oxygen atoms in total. The third-order valence-corrected chi connectivity index (χ3v) is 6.53. The number of benzene rings is 2. The van der Waals surface area contributed by atoms with Crippen LogP contribution in [0.15, 0.2) is 34.8 Å². The predicted molar refractivity (Wildman–Crippen MR) is 123 cm³/mol. The summed E-state index contributed by atoms with van der Waals surface area (Å²) in [7, 11) is 4.94. The van der Waals surface area contributed by atoms with Crippen molar-refractivity contribution in [3.63, 3.8) is 0 Å². The van der Waals surface area contributed by atoms with E-state index in [-0.39, 0.29) is 6.04 Å². The van der Waals surface area contributed by atoms with E-state index in [1.165, 1.54) is 0 Å². The van der Waals surface area contributed by atoms with E-state index in [0.717, 1.165) is 45.7 Å². The first-order chi connectivity index (χ1) is 14.4. The summed E-state index contributed by atoms with van der Waals surface area (Å²) in [5.74, 6) is 2.92. The molecule has 8 heteroatoms. The number of fused-ring (bicyclic) bond motifs is 4. The van der Waals surface area contributed by atoms with Gasteiger partial charge in [0.25, 0.3) is 0 Å². The van der Waals surface area contributed by atoms with Gasteiger partial charge in [0.2, 0.25) is 0 Å². The Morgan fingerprint density at radius 1 is 1.13 bits per heavy atom. The Morgan fingerprint density at radius 3 is 2.57 bits per heavy atom. The molecule has 0 amide bonds. The van der Waals surface area contributed by atoms with Gasteiger partial charge in [0, 0.05) is 23.0 Å². The summed E-state index contributed by atoms with van der Waals surface area (Å²) in [4.78, 5) is 2.12. The third-order valence-electron chi connectivity index (χ3n) is 5.73. The van der Waals surface area contributed by atoms with Crippen molar-refractivity contribution in [1.29, 1.82) is 0 Å². The molecule has 2 atom stereocenters. The molecule has 160 valence electrons. The molecule has 0 aromatic heterocycles. The zero-order valence-corrected chi connectivity index (χ0v) is 19.9. The molecule has 0 spiro atoms. The van der Waals surface area contributed by atoms with Gasteiger partial charge in [-0.1, -0.05) is 22.0 Å². The summed E-state index contributed by atoms with van der Waals surface area (Å²) >= 11 is 9.29. The minimum absolute atomic E-state index is 0.0787. The minimum Gasteiger partial charge on any atom is -0.493 e. The first-order valence-electron chi connectivity index (χ1n) is 9.74. The van der Waals surface area contributed by atoms with Crippen molar-refractivity contribution in [2.45, 2.75) is 31.5 Å².